The van der Waals surface area contributed by atoms with Crippen molar-refractivity contribution < 1.29 is 9.90 Å². The average Bonchev–Trinajstić information content (AvgIpc) is 2.09. The molecule has 1 amide bonds. The molecule has 13 heavy (non-hydrogen) atoms. The molecule has 0 aromatic heterocycles. The molecule has 0 spiro atoms. The molecule has 0 saturated carbocycles. The highest BCUT2D eigenvalue weighted by Crippen LogP contribution is 2.19. The Morgan fingerprint density at radius 1 is 1.46 bits per heavy atom. The van der Waals surface area contributed by atoms with E-state index < -0.39 is 0 Å². The number of likely N-dealkylation sites (tertiary alicyclic amines) is 1. The summed E-state index contributed by atoms with van der Waals surface area (Å²) in [7, 11) is 0. The third-order valence-corrected chi connectivity index (χ3v) is 2.47. The summed E-state index contributed by atoms with van der Waals surface area (Å²) in [6.07, 6.45) is 2.81. The first-order chi connectivity index (χ1) is 6.05. The molecule has 0 aromatic rings. The molecular weight excluding hydrogens is 166 g/mol. The summed E-state index contributed by atoms with van der Waals surface area (Å²) in [5.41, 5.74) is -0.160. The highest BCUT2D eigenvalue weighted by molar-refractivity contribution is 5.76. The molecule has 1 fully saturated rings. The average molecular weight is 185 g/mol. The SMILES string of the molecule is CC(C)(CO)CN1CCCCC1=O. The van der Waals surface area contributed by atoms with Crippen LogP contribution in [0.1, 0.15) is 33.1 Å². The molecule has 1 saturated heterocycles. The number of aliphatic hydroxyl groups excluding tert-OH is 1. The Hall–Kier alpha value is -0.570. The Labute approximate surface area is 79.7 Å². The third kappa shape index (κ3) is 2.99. The minimum Gasteiger partial charge on any atom is -0.396 e. The highest BCUT2D eigenvalue weighted by Gasteiger charge is 2.25. The van der Waals surface area contributed by atoms with Gasteiger partial charge in [-0.1, -0.05) is 13.8 Å². The van der Waals surface area contributed by atoms with Gasteiger partial charge >= 0.3 is 0 Å². The van der Waals surface area contributed by atoms with E-state index in [2.05, 4.69) is 0 Å². The van der Waals surface area contributed by atoms with Gasteiger partial charge in [0.25, 0.3) is 0 Å². The van der Waals surface area contributed by atoms with E-state index in [0.29, 0.717) is 13.0 Å². The first-order valence-electron chi connectivity index (χ1n) is 4.94. The maximum Gasteiger partial charge on any atom is 0.222 e. The summed E-state index contributed by atoms with van der Waals surface area (Å²) in [5, 5.41) is 9.07. The predicted octanol–water partition coefficient (Wildman–Crippen LogP) is 1.02. The lowest BCUT2D eigenvalue weighted by Crippen LogP contribution is -2.42. The molecular formula is C10H19NO2. The molecule has 0 unspecified atom stereocenters. The van der Waals surface area contributed by atoms with Gasteiger partial charge in [0.1, 0.15) is 0 Å². The number of hydrogen-bond donors (Lipinski definition) is 1. The van der Waals surface area contributed by atoms with Gasteiger partial charge in [-0.05, 0) is 12.8 Å². The second-order valence-electron chi connectivity index (χ2n) is 4.59. The monoisotopic (exact) mass is 185 g/mol. The summed E-state index contributed by atoms with van der Waals surface area (Å²) in [6, 6.07) is 0. The van der Waals surface area contributed by atoms with Crippen LogP contribution in [0.3, 0.4) is 0 Å². The molecule has 3 heteroatoms. The molecule has 3 nitrogen and oxygen atoms in total. The molecule has 1 aliphatic heterocycles. The Bertz CT molecular complexity index is 189. The first-order valence-corrected chi connectivity index (χ1v) is 4.94. The Morgan fingerprint density at radius 2 is 2.15 bits per heavy atom. The maximum absolute atomic E-state index is 11.4. The number of rotatable bonds is 3. The van der Waals surface area contributed by atoms with Crippen LogP contribution in [0, 0.1) is 5.41 Å². The van der Waals surface area contributed by atoms with Gasteiger partial charge in [0.2, 0.25) is 5.91 Å². The minimum absolute atomic E-state index is 0.136. The van der Waals surface area contributed by atoms with Gasteiger partial charge < -0.3 is 10.0 Å². The predicted molar refractivity (Wildman–Crippen MR) is 51.3 cm³/mol. The van der Waals surface area contributed by atoms with Crippen LogP contribution in [0.25, 0.3) is 0 Å². The molecule has 0 aromatic carbocycles. The van der Waals surface area contributed by atoms with E-state index in [4.69, 9.17) is 5.11 Å². The number of aliphatic hydroxyl groups is 1. The van der Waals surface area contributed by atoms with Crippen LogP contribution in [0.2, 0.25) is 0 Å². The molecule has 0 aliphatic carbocycles. The van der Waals surface area contributed by atoms with Crippen molar-refractivity contribution in [2.24, 2.45) is 5.41 Å². The highest BCUT2D eigenvalue weighted by atomic mass is 16.3. The standard InChI is InChI=1S/C10H19NO2/c1-10(2,8-12)7-11-6-4-3-5-9(11)13/h12H,3-8H2,1-2H3. The van der Waals surface area contributed by atoms with Gasteiger partial charge in [0.05, 0.1) is 0 Å². The topological polar surface area (TPSA) is 40.5 Å². The fraction of sp³-hybridized carbons (Fsp3) is 0.900. The van der Waals surface area contributed by atoms with Crippen LogP contribution in [0.15, 0.2) is 0 Å². The third-order valence-electron chi connectivity index (χ3n) is 2.47. The number of amides is 1. The van der Waals surface area contributed by atoms with Crippen LogP contribution in [0.5, 0.6) is 0 Å². The largest absolute Gasteiger partial charge is 0.396 e. The van der Waals surface area contributed by atoms with E-state index in [9.17, 15) is 4.79 Å². The van der Waals surface area contributed by atoms with Crippen LogP contribution < -0.4 is 0 Å². The lowest BCUT2D eigenvalue weighted by molar-refractivity contribution is -0.135. The smallest absolute Gasteiger partial charge is 0.222 e. The molecule has 76 valence electrons. The van der Waals surface area contributed by atoms with E-state index in [1.807, 2.05) is 18.7 Å². The van der Waals surface area contributed by atoms with Crippen molar-refractivity contribution in [3.05, 3.63) is 0 Å². The second-order valence-corrected chi connectivity index (χ2v) is 4.59. The molecule has 1 aliphatic rings. The fourth-order valence-electron chi connectivity index (χ4n) is 1.60. The summed E-state index contributed by atoms with van der Waals surface area (Å²) < 4.78 is 0. The number of carbonyl (C=O) groups is 1. The zero-order valence-corrected chi connectivity index (χ0v) is 8.55. The van der Waals surface area contributed by atoms with Crippen LogP contribution in [-0.4, -0.2) is 35.6 Å². The lowest BCUT2D eigenvalue weighted by Gasteiger charge is -2.33. The van der Waals surface area contributed by atoms with Crippen molar-refractivity contribution in [2.45, 2.75) is 33.1 Å². The van der Waals surface area contributed by atoms with Crippen LogP contribution in [-0.2, 0) is 4.79 Å². The van der Waals surface area contributed by atoms with Crippen molar-refractivity contribution in [1.82, 2.24) is 4.90 Å². The fourth-order valence-corrected chi connectivity index (χ4v) is 1.60. The number of hydrogen-bond acceptors (Lipinski definition) is 2. The maximum atomic E-state index is 11.4. The Kier molecular flexibility index (Phi) is 3.31. The quantitative estimate of drug-likeness (QED) is 0.713. The van der Waals surface area contributed by atoms with Gasteiger partial charge in [-0.3, -0.25) is 4.79 Å². The number of nitrogens with zero attached hydrogens (tertiary/aromatic N) is 1. The summed E-state index contributed by atoms with van der Waals surface area (Å²) in [4.78, 5) is 13.3. The summed E-state index contributed by atoms with van der Waals surface area (Å²) >= 11 is 0. The van der Waals surface area contributed by atoms with Crippen molar-refractivity contribution in [3.63, 3.8) is 0 Å². The normalized spacial score (nSPS) is 19.3. The lowest BCUT2D eigenvalue weighted by atomic mass is 9.93. The summed E-state index contributed by atoms with van der Waals surface area (Å²) in [6.45, 7) is 5.64. The number of carbonyl (C=O) groups excluding carboxylic acids is 1. The number of piperidine rings is 1. The van der Waals surface area contributed by atoms with Crippen LogP contribution >= 0.6 is 0 Å². The zero-order valence-electron chi connectivity index (χ0n) is 8.55. The van der Waals surface area contributed by atoms with Crippen molar-refractivity contribution >= 4 is 5.91 Å². The van der Waals surface area contributed by atoms with E-state index in [1.54, 1.807) is 0 Å². The van der Waals surface area contributed by atoms with Crippen LogP contribution in [0.4, 0.5) is 0 Å². The van der Waals surface area contributed by atoms with Gasteiger partial charge in [0.15, 0.2) is 0 Å². The van der Waals surface area contributed by atoms with Crippen molar-refractivity contribution in [1.29, 1.82) is 0 Å². The first kappa shape index (κ1) is 10.5. The van der Waals surface area contributed by atoms with Gasteiger partial charge in [-0.2, -0.15) is 0 Å². The Balaban J connectivity index is 2.47. The molecule has 1 heterocycles. The molecule has 0 bridgehead atoms. The minimum atomic E-state index is -0.160. The molecule has 1 rings (SSSR count). The van der Waals surface area contributed by atoms with Gasteiger partial charge in [-0.25, -0.2) is 0 Å². The van der Waals surface area contributed by atoms with Gasteiger partial charge in [-0.15, -0.1) is 0 Å². The van der Waals surface area contributed by atoms with E-state index >= 15 is 0 Å². The second kappa shape index (κ2) is 4.09. The zero-order chi connectivity index (χ0) is 9.90. The van der Waals surface area contributed by atoms with E-state index in [-0.39, 0.29) is 17.9 Å². The molecule has 0 radical (unpaired) electrons. The molecule has 1 N–H and O–H groups in total. The molecule has 0 atom stereocenters. The van der Waals surface area contributed by atoms with E-state index in [1.165, 1.54) is 0 Å². The van der Waals surface area contributed by atoms with Gasteiger partial charge in [0, 0.05) is 31.5 Å². The summed E-state index contributed by atoms with van der Waals surface area (Å²) in [5.74, 6) is 0.243. The van der Waals surface area contributed by atoms with E-state index in [0.717, 1.165) is 19.4 Å². The van der Waals surface area contributed by atoms with Crippen molar-refractivity contribution in [2.75, 3.05) is 19.7 Å². The van der Waals surface area contributed by atoms with Crippen molar-refractivity contribution in [3.8, 4) is 0 Å². The Morgan fingerprint density at radius 3 is 2.69 bits per heavy atom.